The third kappa shape index (κ3) is 3.92. The summed E-state index contributed by atoms with van der Waals surface area (Å²) in [6, 6.07) is 11.1. The van der Waals surface area contributed by atoms with Crippen molar-refractivity contribution in [3.8, 4) is 11.5 Å². The molecule has 9 heteroatoms. The van der Waals surface area contributed by atoms with Gasteiger partial charge < -0.3 is 28.9 Å². The van der Waals surface area contributed by atoms with Crippen LogP contribution in [0.15, 0.2) is 36.4 Å². The number of amides is 3. The van der Waals surface area contributed by atoms with E-state index in [1.54, 1.807) is 36.0 Å². The number of hydrogen-bond donors (Lipinski definition) is 0. The lowest BCUT2D eigenvalue weighted by Gasteiger charge is -2.47. The molecule has 5 rings (SSSR count). The highest BCUT2D eigenvalue weighted by atomic mass is 16.6. The van der Waals surface area contributed by atoms with Gasteiger partial charge in [0.2, 0.25) is 5.91 Å². The van der Waals surface area contributed by atoms with Crippen LogP contribution in [0.3, 0.4) is 0 Å². The molecule has 2 aromatic rings. The second-order valence-electron chi connectivity index (χ2n) is 9.18. The summed E-state index contributed by atoms with van der Waals surface area (Å²) >= 11 is 0. The number of methoxy groups -OCH3 is 2. The van der Waals surface area contributed by atoms with E-state index in [0.29, 0.717) is 62.0 Å². The zero-order valence-electron chi connectivity index (χ0n) is 20.9. The van der Waals surface area contributed by atoms with Gasteiger partial charge in [0.05, 0.1) is 32.8 Å². The molecule has 0 N–H and O–H groups in total. The smallest absolute Gasteiger partial charge is 0.409 e. The van der Waals surface area contributed by atoms with Crippen LogP contribution in [0.5, 0.6) is 11.5 Å². The van der Waals surface area contributed by atoms with E-state index in [-0.39, 0.29) is 17.9 Å². The number of ether oxygens (including phenoxy) is 3. The first kappa shape index (κ1) is 24.0. The van der Waals surface area contributed by atoms with Crippen LogP contribution in [0.1, 0.15) is 45.9 Å². The Bertz CT molecular complexity index is 1190. The molecule has 1 saturated heterocycles. The molecule has 3 amide bonds. The lowest BCUT2D eigenvalue weighted by Crippen LogP contribution is -2.55. The Hall–Kier alpha value is -3.75. The minimum atomic E-state index is -0.604. The van der Waals surface area contributed by atoms with Gasteiger partial charge in [-0.05, 0) is 42.2 Å². The lowest BCUT2D eigenvalue weighted by atomic mass is 9.75. The number of fused-ring (bicyclic) bond motifs is 4. The van der Waals surface area contributed by atoms with Gasteiger partial charge in [-0.15, -0.1) is 0 Å². The van der Waals surface area contributed by atoms with Crippen molar-refractivity contribution in [2.75, 3.05) is 53.6 Å². The van der Waals surface area contributed by atoms with E-state index >= 15 is 0 Å². The molecule has 0 spiro atoms. The number of nitrogens with zero attached hydrogens (tertiary/aromatic N) is 3. The van der Waals surface area contributed by atoms with Crippen LogP contribution in [-0.2, 0) is 16.0 Å². The van der Waals surface area contributed by atoms with Gasteiger partial charge in [0.25, 0.3) is 5.91 Å². The largest absolute Gasteiger partial charge is 0.493 e. The number of benzene rings is 2. The highest BCUT2D eigenvalue weighted by Crippen LogP contribution is 2.49. The minimum Gasteiger partial charge on any atom is -0.493 e. The second kappa shape index (κ2) is 9.72. The van der Waals surface area contributed by atoms with E-state index < -0.39 is 12.0 Å². The molecule has 9 nitrogen and oxygen atoms in total. The molecule has 1 fully saturated rings. The lowest BCUT2D eigenvalue weighted by molar-refractivity contribution is -0.136. The average molecular weight is 494 g/mol. The van der Waals surface area contributed by atoms with E-state index in [9.17, 15) is 14.4 Å². The highest BCUT2D eigenvalue weighted by molar-refractivity contribution is 6.02. The molecular weight excluding hydrogens is 462 g/mol. The van der Waals surface area contributed by atoms with E-state index in [4.69, 9.17) is 14.2 Å². The van der Waals surface area contributed by atoms with Crippen LogP contribution in [0, 0.1) is 0 Å². The van der Waals surface area contributed by atoms with Crippen molar-refractivity contribution in [1.29, 1.82) is 0 Å². The van der Waals surface area contributed by atoms with Crippen LogP contribution in [0.4, 0.5) is 4.79 Å². The summed E-state index contributed by atoms with van der Waals surface area (Å²) in [5.41, 5.74) is 3.27. The molecule has 36 heavy (non-hydrogen) atoms. The Kier molecular flexibility index (Phi) is 6.47. The number of rotatable bonds is 4. The number of carbonyl (C=O) groups is 3. The molecule has 0 radical (unpaired) electrons. The molecule has 0 bridgehead atoms. The van der Waals surface area contributed by atoms with Crippen molar-refractivity contribution in [3.05, 3.63) is 58.7 Å². The van der Waals surface area contributed by atoms with Crippen LogP contribution in [0.2, 0.25) is 0 Å². The fraction of sp³-hybridized carbons (Fsp3) is 0.444. The van der Waals surface area contributed by atoms with Gasteiger partial charge in [-0.25, -0.2) is 4.79 Å². The van der Waals surface area contributed by atoms with Gasteiger partial charge in [0.1, 0.15) is 0 Å². The maximum atomic E-state index is 14.2. The normalized spacial score (nSPS) is 20.8. The molecule has 3 aliphatic heterocycles. The van der Waals surface area contributed by atoms with Gasteiger partial charge in [-0.2, -0.15) is 0 Å². The molecule has 3 aliphatic rings. The standard InChI is InChI=1S/C27H31N3O6/c1-4-36-27(33)29-13-11-28(12-14-29)26(32)23-19-15-21(34-2)22(35-3)16-20(19)25(31)30-10-9-17-7-5-6-8-18(17)24(23)30/h5-8,15-16,23-24H,4,9-14H2,1-3H3/t23-,24-/m0/s1. The second-order valence-corrected chi connectivity index (χ2v) is 9.18. The first-order valence-corrected chi connectivity index (χ1v) is 12.3. The maximum Gasteiger partial charge on any atom is 0.409 e. The van der Waals surface area contributed by atoms with E-state index in [1.807, 2.05) is 23.1 Å². The Morgan fingerprint density at radius 1 is 0.917 bits per heavy atom. The first-order chi connectivity index (χ1) is 17.5. The van der Waals surface area contributed by atoms with Crippen LogP contribution in [0.25, 0.3) is 0 Å². The summed E-state index contributed by atoms with van der Waals surface area (Å²) in [6.07, 6.45) is 0.377. The van der Waals surface area contributed by atoms with E-state index in [1.165, 1.54) is 7.11 Å². The quantitative estimate of drug-likeness (QED) is 0.651. The summed E-state index contributed by atoms with van der Waals surface area (Å²) < 4.78 is 16.1. The highest BCUT2D eigenvalue weighted by Gasteiger charge is 2.48. The number of hydrogen-bond acceptors (Lipinski definition) is 6. The molecule has 0 unspecified atom stereocenters. The first-order valence-electron chi connectivity index (χ1n) is 12.3. The molecule has 2 atom stereocenters. The van der Waals surface area contributed by atoms with Crippen molar-refractivity contribution < 1.29 is 28.6 Å². The molecular formula is C27H31N3O6. The molecule has 0 saturated carbocycles. The number of piperazine rings is 1. The van der Waals surface area contributed by atoms with E-state index in [0.717, 1.165) is 17.5 Å². The van der Waals surface area contributed by atoms with Gasteiger partial charge in [0, 0.05) is 38.3 Å². The zero-order chi connectivity index (χ0) is 25.4. The van der Waals surface area contributed by atoms with Crippen LogP contribution >= 0.6 is 0 Å². The maximum absolute atomic E-state index is 14.2. The van der Waals surface area contributed by atoms with Gasteiger partial charge in [-0.3, -0.25) is 9.59 Å². The summed E-state index contributed by atoms with van der Waals surface area (Å²) in [4.78, 5) is 45.3. The van der Waals surface area contributed by atoms with Crippen molar-refractivity contribution in [2.24, 2.45) is 0 Å². The third-order valence-corrected chi connectivity index (χ3v) is 7.41. The number of carbonyl (C=O) groups excluding carboxylic acids is 3. The predicted molar refractivity (Wildman–Crippen MR) is 131 cm³/mol. The molecule has 2 aromatic carbocycles. The Morgan fingerprint density at radius 2 is 1.58 bits per heavy atom. The van der Waals surface area contributed by atoms with Crippen LogP contribution < -0.4 is 9.47 Å². The summed E-state index contributed by atoms with van der Waals surface area (Å²) in [6.45, 7) is 4.23. The summed E-state index contributed by atoms with van der Waals surface area (Å²) in [7, 11) is 3.08. The van der Waals surface area contributed by atoms with Gasteiger partial charge >= 0.3 is 6.09 Å². The monoisotopic (exact) mass is 493 g/mol. The third-order valence-electron chi connectivity index (χ3n) is 7.41. The van der Waals surface area contributed by atoms with Gasteiger partial charge in [-0.1, -0.05) is 24.3 Å². The molecule has 3 heterocycles. The van der Waals surface area contributed by atoms with Crippen molar-refractivity contribution in [1.82, 2.24) is 14.7 Å². The van der Waals surface area contributed by atoms with Crippen molar-refractivity contribution >= 4 is 17.9 Å². The Balaban J connectivity index is 1.56. The summed E-state index contributed by atoms with van der Waals surface area (Å²) in [5.74, 6) is 0.155. The van der Waals surface area contributed by atoms with Crippen LogP contribution in [-0.4, -0.2) is 86.2 Å². The summed E-state index contributed by atoms with van der Waals surface area (Å²) in [5, 5.41) is 0. The Morgan fingerprint density at radius 3 is 2.28 bits per heavy atom. The molecule has 0 aliphatic carbocycles. The van der Waals surface area contributed by atoms with E-state index in [2.05, 4.69) is 6.07 Å². The Labute approximate surface area is 210 Å². The topological polar surface area (TPSA) is 88.6 Å². The van der Waals surface area contributed by atoms with Crippen molar-refractivity contribution in [2.45, 2.75) is 25.3 Å². The predicted octanol–water partition coefficient (Wildman–Crippen LogP) is 2.84. The zero-order valence-corrected chi connectivity index (χ0v) is 20.9. The fourth-order valence-electron chi connectivity index (χ4n) is 5.64. The molecule has 190 valence electrons. The van der Waals surface area contributed by atoms with Crippen molar-refractivity contribution in [3.63, 3.8) is 0 Å². The molecule has 0 aromatic heterocycles. The van der Waals surface area contributed by atoms with Gasteiger partial charge in [0.15, 0.2) is 11.5 Å². The average Bonchev–Trinajstić information content (AvgIpc) is 2.92. The SMILES string of the molecule is CCOC(=O)N1CCN(C(=O)[C@H]2c3cc(OC)c(OC)cc3C(=O)N3CCc4ccccc4[C@@H]23)CC1. The minimum absolute atomic E-state index is 0.0637. The fourth-order valence-corrected chi connectivity index (χ4v) is 5.64.